The molecular weight excluding hydrogens is 541 g/mol. The number of aryl methyl sites for hydroxylation is 1. The van der Waals surface area contributed by atoms with Crippen LogP contribution in [-0.4, -0.2) is 31.1 Å². The van der Waals surface area contributed by atoms with E-state index in [0.29, 0.717) is 16.5 Å². The van der Waals surface area contributed by atoms with Gasteiger partial charge in [0.05, 0.1) is 28.3 Å². The third-order valence-corrected chi connectivity index (χ3v) is 7.14. The van der Waals surface area contributed by atoms with Crippen molar-refractivity contribution >= 4 is 67.1 Å². The van der Waals surface area contributed by atoms with E-state index >= 15 is 0 Å². The smallest absolute Gasteiger partial charge is 0.294 e. The summed E-state index contributed by atoms with van der Waals surface area (Å²) in [6.07, 6.45) is 0. The first-order valence-electron chi connectivity index (χ1n) is 10.6. The van der Waals surface area contributed by atoms with E-state index in [4.69, 9.17) is 27.9 Å². The number of azo groups is 1. The van der Waals surface area contributed by atoms with Crippen LogP contribution in [0.2, 0.25) is 10.0 Å². The molecule has 0 spiro atoms. The number of hydrogen-bond acceptors (Lipinski definition) is 7. The van der Waals surface area contributed by atoms with Crippen molar-refractivity contribution in [1.82, 2.24) is 0 Å². The number of rotatable bonds is 6. The van der Waals surface area contributed by atoms with Gasteiger partial charge in [-0.2, -0.15) is 8.42 Å². The molecule has 12 heteroatoms. The summed E-state index contributed by atoms with van der Waals surface area (Å²) in [7, 11) is -3.09. The molecule has 0 saturated heterocycles. The number of aromatic hydroxyl groups is 1. The lowest BCUT2D eigenvalue weighted by Crippen LogP contribution is -2.12. The van der Waals surface area contributed by atoms with Gasteiger partial charge in [-0.25, -0.2) is 0 Å². The number of phenolic OH excluding ortho intramolecular Hbond substituents is 1. The molecule has 0 aliphatic rings. The molecule has 0 aromatic heterocycles. The Morgan fingerprint density at radius 1 is 1.03 bits per heavy atom. The number of benzene rings is 4. The largest absolute Gasteiger partial charge is 0.505 e. The van der Waals surface area contributed by atoms with Gasteiger partial charge >= 0.3 is 0 Å². The fourth-order valence-electron chi connectivity index (χ4n) is 3.65. The predicted octanol–water partition coefficient (Wildman–Crippen LogP) is 7.08. The van der Waals surface area contributed by atoms with Gasteiger partial charge in [0.15, 0.2) is 5.75 Å². The maximum absolute atomic E-state index is 13.1. The lowest BCUT2D eigenvalue weighted by Gasteiger charge is -2.13. The number of phenols is 1. The lowest BCUT2D eigenvalue weighted by atomic mass is 10.0. The standard InChI is InChI=1S/C25H19Cl2N3O6S/c1-13-10-17(26)19(12-21(13)37(33,34)35)29-30-23-15-7-4-3-6-14(15)11-16(24(23)31)25(32)28-18-8-5-9-20(36-2)22(18)27/h3-12,31H,1-2H3,(H,28,32)(H,33,34,35). The minimum absolute atomic E-state index is 0.0509. The Kier molecular flexibility index (Phi) is 7.37. The third-order valence-electron chi connectivity index (χ3n) is 5.45. The third kappa shape index (κ3) is 5.37. The molecule has 0 fully saturated rings. The van der Waals surface area contributed by atoms with Gasteiger partial charge in [-0.05, 0) is 48.2 Å². The summed E-state index contributed by atoms with van der Waals surface area (Å²) in [6.45, 7) is 1.46. The van der Waals surface area contributed by atoms with Crippen LogP contribution in [-0.2, 0) is 10.1 Å². The molecule has 0 aliphatic heterocycles. The van der Waals surface area contributed by atoms with E-state index in [-0.39, 0.29) is 43.1 Å². The molecule has 0 bridgehead atoms. The topological polar surface area (TPSA) is 138 Å². The summed E-state index contributed by atoms with van der Waals surface area (Å²) >= 11 is 12.5. The first kappa shape index (κ1) is 26.4. The molecule has 0 unspecified atom stereocenters. The second kappa shape index (κ2) is 10.3. The number of nitrogens with zero attached hydrogens (tertiary/aromatic N) is 2. The molecule has 0 radical (unpaired) electrons. The summed E-state index contributed by atoms with van der Waals surface area (Å²) < 4.78 is 38.0. The molecule has 0 aliphatic carbocycles. The number of halogens is 2. The van der Waals surface area contributed by atoms with Crippen LogP contribution >= 0.6 is 23.2 Å². The van der Waals surface area contributed by atoms with E-state index in [1.54, 1.807) is 42.5 Å². The van der Waals surface area contributed by atoms with Gasteiger partial charge in [0.2, 0.25) is 0 Å². The van der Waals surface area contributed by atoms with E-state index in [0.717, 1.165) is 6.07 Å². The highest BCUT2D eigenvalue weighted by Gasteiger charge is 2.21. The average Bonchev–Trinajstić information content (AvgIpc) is 2.84. The molecule has 4 aromatic rings. The summed E-state index contributed by atoms with van der Waals surface area (Å²) in [6, 6.07) is 15.6. The van der Waals surface area contributed by atoms with Gasteiger partial charge in [-0.3, -0.25) is 9.35 Å². The molecule has 4 rings (SSSR count). The number of anilines is 1. The van der Waals surface area contributed by atoms with Crippen molar-refractivity contribution in [2.24, 2.45) is 10.2 Å². The molecule has 1 amide bonds. The Morgan fingerprint density at radius 3 is 2.46 bits per heavy atom. The van der Waals surface area contributed by atoms with Crippen LogP contribution in [0.25, 0.3) is 10.8 Å². The first-order chi connectivity index (χ1) is 17.5. The van der Waals surface area contributed by atoms with Crippen LogP contribution in [0.4, 0.5) is 17.1 Å². The van der Waals surface area contributed by atoms with Crippen LogP contribution in [0.5, 0.6) is 11.5 Å². The Labute approximate surface area is 222 Å². The monoisotopic (exact) mass is 559 g/mol. The molecule has 37 heavy (non-hydrogen) atoms. The molecule has 0 atom stereocenters. The SMILES string of the molecule is COc1cccc(NC(=O)c2cc3ccccc3c(N=Nc3cc(S(=O)(=O)O)c(C)cc3Cl)c2O)c1Cl. The molecule has 0 heterocycles. The van der Waals surface area contributed by atoms with Gasteiger partial charge in [0.25, 0.3) is 16.0 Å². The second-order valence-electron chi connectivity index (χ2n) is 7.86. The van der Waals surface area contributed by atoms with Crippen LogP contribution in [0.15, 0.2) is 75.8 Å². The number of methoxy groups -OCH3 is 1. The van der Waals surface area contributed by atoms with Gasteiger partial charge in [0, 0.05) is 5.39 Å². The van der Waals surface area contributed by atoms with Gasteiger partial charge in [-0.1, -0.05) is 53.5 Å². The van der Waals surface area contributed by atoms with Gasteiger partial charge in [0.1, 0.15) is 22.1 Å². The second-order valence-corrected chi connectivity index (χ2v) is 10.0. The highest BCUT2D eigenvalue weighted by Crippen LogP contribution is 2.41. The fraction of sp³-hybridized carbons (Fsp3) is 0.0800. The van der Waals surface area contributed by atoms with Crippen LogP contribution < -0.4 is 10.1 Å². The van der Waals surface area contributed by atoms with Gasteiger partial charge in [-0.15, -0.1) is 10.2 Å². The van der Waals surface area contributed by atoms with Crippen molar-refractivity contribution in [2.45, 2.75) is 11.8 Å². The Morgan fingerprint density at radius 2 is 1.76 bits per heavy atom. The number of hydrogen-bond donors (Lipinski definition) is 3. The number of nitrogens with one attached hydrogen (secondary N) is 1. The zero-order valence-electron chi connectivity index (χ0n) is 19.4. The molecular formula is C25H19Cl2N3O6S. The minimum Gasteiger partial charge on any atom is -0.505 e. The number of amides is 1. The summed E-state index contributed by atoms with van der Waals surface area (Å²) in [4.78, 5) is 12.8. The summed E-state index contributed by atoms with van der Waals surface area (Å²) in [5.41, 5.74) is 0.257. The summed E-state index contributed by atoms with van der Waals surface area (Å²) in [5, 5.41) is 23.1. The number of ether oxygens (including phenoxy) is 1. The lowest BCUT2D eigenvalue weighted by molar-refractivity contribution is 0.102. The van der Waals surface area contributed by atoms with Crippen molar-refractivity contribution < 1.29 is 27.6 Å². The molecule has 9 nitrogen and oxygen atoms in total. The van der Waals surface area contributed by atoms with Gasteiger partial charge < -0.3 is 15.2 Å². The summed E-state index contributed by atoms with van der Waals surface area (Å²) in [5.74, 6) is -0.787. The van der Waals surface area contributed by atoms with Crippen molar-refractivity contribution in [3.05, 3.63) is 81.8 Å². The van der Waals surface area contributed by atoms with Crippen molar-refractivity contribution in [1.29, 1.82) is 0 Å². The van der Waals surface area contributed by atoms with Crippen LogP contribution in [0, 0.1) is 6.92 Å². The number of carbonyl (C=O) groups is 1. The van der Waals surface area contributed by atoms with Crippen LogP contribution in [0.1, 0.15) is 15.9 Å². The van der Waals surface area contributed by atoms with Crippen molar-refractivity contribution in [3.8, 4) is 11.5 Å². The van der Waals surface area contributed by atoms with E-state index in [9.17, 15) is 22.9 Å². The number of carbonyl (C=O) groups excluding carboxylic acids is 1. The molecule has 3 N–H and O–H groups in total. The molecule has 4 aromatic carbocycles. The normalized spacial score (nSPS) is 11.7. The van der Waals surface area contributed by atoms with Crippen LogP contribution in [0.3, 0.4) is 0 Å². The fourth-order valence-corrected chi connectivity index (χ4v) is 4.88. The molecule has 190 valence electrons. The van der Waals surface area contributed by atoms with E-state index < -0.39 is 21.8 Å². The van der Waals surface area contributed by atoms with E-state index in [1.807, 2.05) is 0 Å². The minimum atomic E-state index is -4.54. The van der Waals surface area contributed by atoms with Crippen molar-refractivity contribution in [3.63, 3.8) is 0 Å². The highest BCUT2D eigenvalue weighted by atomic mass is 35.5. The van der Waals surface area contributed by atoms with E-state index in [2.05, 4.69) is 15.5 Å². The Balaban J connectivity index is 1.81. The van der Waals surface area contributed by atoms with Crippen molar-refractivity contribution in [2.75, 3.05) is 12.4 Å². The maximum atomic E-state index is 13.1. The number of fused-ring (bicyclic) bond motifs is 1. The first-order valence-corrected chi connectivity index (χ1v) is 12.8. The quantitative estimate of drug-likeness (QED) is 0.170. The predicted molar refractivity (Wildman–Crippen MR) is 142 cm³/mol. The molecule has 0 saturated carbocycles. The maximum Gasteiger partial charge on any atom is 0.294 e. The average molecular weight is 560 g/mol. The highest BCUT2D eigenvalue weighted by molar-refractivity contribution is 7.85. The Hall–Kier alpha value is -3.70. The zero-order valence-corrected chi connectivity index (χ0v) is 21.7. The Bertz CT molecular complexity index is 1690. The zero-order chi connectivity index (χ0) is 26.9. The van der Waals surface area contributed by atoms with E-state index in [1.165, 1.54) is 26.2 Å².